The number of carbonyl (C=O) groups is 1. The molecule has 1 aliphatic rings. The van der Waals surface area contributed by atoms with E-state index in [1.807, 2.05) is 18.2 Å². The van der Waals surface area contributed by atoms with Gasteiger partial charge in [0.15, 0.2) is 11.5 Å². The fourth-order valence-electron chi connectivity index (χ4n) is 3.94. The quantitative estimate of drug-likeness (QED) is 0.368. The van der Waals surface area contributed by atoms with Gasteiger partial charge >= 0.3 is 12.1 Å². The summed E-state index contributed by atoms with van der Waals surface area (Å²) in [6.45, 7) is 5.27. The Kier molecular flexibility index (Phi) is 7.43. The molecule has 4 aromatic rings. The highest BCUT2D eigenvalue weighted by Gasteiger charge is 2.38. The summed E-state index contributed by atoms with van der Waals surface area (Å²) in [5.41, 5.74) is 3.82. The molecule has 1 fully saturated rings. The number of piperazine rings is 1. The Morgan fingerprint density at radius 2 is 1.78 bits per heavy atom. The number of benzene rings is 1. The van der Waals surface area contributed by atoms with Crippen LogP contribution in [0.1, 0.15) is 5.56 Å². The summed E-state index contributed by atoms with van der Waals surface area (Å²) in [5.74, 6) is -2.42. The zero-order valence-electron chi connectivity index (χ0n) is 19.3. The van der Waals surface area contributed by atoms with E-state index in [2.05, 4.69) is 41.9 Å². The first-order valence-electron chi connectivity index (χ1n) is 10.9. The summed E-state index contributed by atoms with van der Waals surface area (Å²) >= 11 is 6.20. The van der Waals surface area contributed by atoms with Crippen LogP contribution in [0, 0.1) is 12.7 Å². The number of hydrogen-bond acceptors (Lipinski definition) is 7. The van der Waals surface area contributed by atoms with Crippen LogP contribution in [-0.4, -0.2) is 68.6 Å². The van der Waals surface area contributed by atoms with Crippen molar-refractivity contribution < 1.29 is 27.5 Å². The van der Waals surface area contributed by atoms with E-state index in [1.54, 1.807) is 12.3 Å². The summed E-state index contributed by atoms with van der Waals surface area (Å²) in [6, 6.07) is 7.58. The molecule has 0 saturated carbocycles. The normalized spacial score (nSPS) is 13.9. The monoisotopic (exact) mass is 537 g/mol. The molecule has 5 rings (SSSR count). The van der Waals surface area contributed by atoms with Crippen LogP contribution in [0.25, 0.3) is 22.3 Å². The summed E-state index contributed by atoms with van der Waals surface area (Å²) in [4.78, 5) is 26.0. The summed E-state index contributed by atoms with van der Waals surface area (Å²) in [5, 5.41) is 15.8. The lowest BCUT2D eigenvalue weighted by atomic mass is 10.1. The Morgan fingerprint density at radius 1 is 1.11 bits per heavy atom. The molecule has 0 unspecified atom stereocenters. The van der Waals surface area contributed by atoms with Crippen molar-refractivity contribution in [3.8, 4) is 11.3 Å². The SMILES string of the molecule is Cc1ccc(Cl)cc1N1CCN(c2ncnc3n[nH]c(-c4ccncc4F)c23)CC1.O=C(O)C(F)(F)F. The number of aromatic amines is 1. The molecule has 1 saturated heterocycles. The fraction of sp³-hybridized carbons (Fsp3) is 0.261. The molecule has 2 N–H and O–H groups in total. The van der Waals surface area contributed by atoms with Gasteiger partial charge in [0.2, 0.25) is 0 Å². The van der Waals surface area contributed by atoms with Gasteiger partial charge in [-0.1, -0.05) is 17.7 Å². The molecule has 0 bridgehead atoms. The average molecular weight is 538 g/mol. The second kappa shape index (κ2) is 10.5. The van der Waals surface area contributed by atoms with Gasteiger partial charge in [-0.3, -0.25) is 10.1 Å². The number of hydrogen-bond donors (Lipinski definition) is 2. The van der Waals surface area contributed by atoms with E-state index in [1.165, 1.54) is 18.1 Å². The first-order valence-corrected chi connectivity index (χ1v) is 11.3. The van der Waals surface area contributed by atoms with Gasteiger partial charge in [-0.25, -0.2) is 19.2 Å². The van der Waals surface area contributed by atoms with E-state index in [4.69, 9.17) is 21.5 Å². The Hall–Kier alpha value is -4.00. The van der Waals surface area contributed by atoms with Crippen molar-refractivity contribution >= 4 is 40.1 Å². The highest BCUT2D eigenvalue weighted by molar-refractivity contribution is 6.30. The molecule has 3 aromatic heterocycles. The van der Waals surface area contributed by atoms with Gasteiger partial charge in [-0.15, -0.1) is 0 Å². The number of pyridine rings is 1. The van der Waals surface area contributed by atoms with Crippen molar-refractivity contribution in [3.05, 3.63) is 59.4 Å². The van der Waals surface area contributed by atoms with E-state index in [0.29, 0.717) is 16.9 Å². The molecule has 4 heterocycles. The lowest BCUT2D eigenvalue weighted by molar-refractivity contribution is -0.192. The van der Waals surface area contributed by atoms with Gasteiger partial charge in [0, 0.05) is 48.6 Å². The molecule has 0 atom stereocenters. The Morgan fingerprint density at radius 3 is 2.43 bits per heavy atom. The lowest BCUT2D eigenvalue weighted by Crippen LogP contribution is -2.47. The number of rotatable bonds is 3. The summed E-state index contributed by atoms with van der Waals surface area (Å²) in [6.07, 6.45) is -0.836. The number of nitrogens with zero attached hydrogens (tertiary/aromatic N) is 6. The van der Waals surface area contributed by atoms with E-state index < -0.39 is 18.0 Å². The van der Waals surface area contributed by atoms with Crippen molar-refractivity contribution in [2.45, 2.75) is 13.1 Å². The van der Waals surface area contributed by atoms with Crippen molar-refractivity contribution in [1.29, 1.82) is 0 Å². The predicted molar refractivity (Wildman–Crippen MR) is 129 cm³/mol. The van der Waals surface area contributed by atoms with Crippen LogP contribution in [0.15, 0.2) is 43.0 Å². The molecule has 0 spiro atoms. The molecule has 37 heavy (non-hydrogen) atoms. The maximum absolute atomic E-state index is 14.4. The third kappa shape index (κ3) is 5.71. The number of fused-ring (bicyclic) bond motifs is 1. The van der Waals surface area contributed by atoms with Crippen molar-refractivity contribution in [2.75, 3.05) is 36.0 Å². The molecule has 0 radical (unpaired) electrons. The number of nitrogens with one attached hydrogen (secondary N) is 1. The number of halogens is 5. The van der Waals surface area contributed by atoms with E-state index in [9.17, 15) is 17.6 Å². The molecule has 1 aromatic carbocycles. The second-order valence-corrected chi connectivity index (χ2v) is 8.49. The number of anilines is 2. The van der Waals surface area contributed by atoms with Gasteiger partial charge in [0.05, 0.1) is 17.3 Å². The zero-order valence-corrected chi connectivity index (χ0v) is 20.1. The molecule has 14 heteroatoms. The number of aromatic nitrogens is 5. The number of H-pyrrole nitrogens is 1. The minimum Gasteiger partial charge on any atom is -0.475 e. The number of carboxylic acids is 1. The molecule has 0 aliphatic carbocycles. The Balaban J connectivity index is 0.000000405. The third-order valence-electron chi connectivity index (χ3n) is 5.71. The first-order chi connectivity index (χ1) is 17.6. The van der Waals surface area contributed by atoms with Crippen molar-refractivity contribution in [2.24, 2.45) is 0 Å². The second-order valence-electron chi connectivity index (χ2n) is 8.06. The van der Waals surface area contributed by atoms with Gasteiger partial charge in [-0.05, 0) is 30.7 Å². The summed E-state index contributed by atoms with van der Waals surface area (Å²) in [7, 11) is 0. The highest BCUT2D eigenvalue weighted by atomic mass is 35.5. The molecule has 1 aliphatic heterocycles. The molecular weight excluding hydrogens is 518 g/mol. The Labute approximate surface area is 212 Å². The van der Waals surface area contributed by atoms with Crippen LogP contribution < -0.4 is 9.80 Å². The van der Waals surface area contributed by atoms with Crippen LogP contribution in [0.3, 0.4) is 0 Å². The minimum absolute atomic E-state index is 0.400. The molecule has 0 amide bonds. The van der Waals surface area contributed by atoms with Crippen LogP contribution in [0.4, 0.5) is 29.1 Å². The maximum atomic E-state index is 14.4. The van der Waals surface area contributed by atoms with Crippen LogP contribution in [0.2, 0.25) is 5.02 Å². The minimum atomic E-state index is -5.08. The maximum Gasteiger partial charge on any atom is 0.490 e. The molecular formula is C23H20ClF4N7O2. The zero-order chi connectivity index (χ0) is 26.7. The largest absolute Gasteiger partial charge is 0.490 e. The van der Waals surface area contributed by atoms with Crippen LogP contribution >= 0.6 is 11.6 Å². The van der Waals surface area contributed by atoms with E-state index in [-0.39, 0.29) is 0 Å². The van der Waals surface area contributed by atoms with Crippen LogP contribution in [-0.2, 0) is 4.79 Å². The van der Waals surface area contributed by atoms with Crippen molar-refractivity contribution in [1.82, 2.24) is 25.1 Å². The lowest BCUT2D eigenvalue weighted by Gasteiger charge is -2.37. The van der Waals surface area contributed by atoms with E-state index in [0.717, 1.165) is 48.1 Å². The smallest absolute Gasteiger partial charge is 0.475 e. The van der Waals surface area contributed by atoms with Gasteiger partial charge < -0.3 is 14.9 Å². The number of aryl methyl sites for hydroxylation is 1. The third-order valence-corrected chi connectivity index (χ3v) is 5.94. The van der Waals surface area contributed by atoms with Gasteiger partial charge in [0.25, 0.3) is 0 Å². The molecule has 9 nitrogen and oxygen atoms in total. The fourth-order valence-corrected chi connectivity index (χ4v) is 4.10. The molecule has 194 valence electrons. The first kappa shape index (κ1) is 26.1. The van der Waals surface area contributed by atoms with Gasteiger partial charge in [0.1, 0.15) is 12.1 Å². The van der Waals surface area contributed by atoms with E-state index >= 15 is 0 Å². The number of carboxylic acid groups (broad SMARTS) is 1. The number of alkyl halides is 3. The van der Waals surface area contributed by atoms with Crippen molar-refractivity contribution in [3.63, 3.8) is 0 Å². The topological polar surface area (TPSA) is 111 Å². The van der Waals surface area contributed by atoms with Crippen LogP contribution in [0.5, 0.6) is 0 Å². The summed E-state index contributed by atoms with van der Waals surface area (Å²) < 4.78 is 46.1. The average Bonchev–Trinajstić information content (AvgIpc) is 3.30. The Bertz CT molecular complexity index is 1420. The predicted octanol–water partition coefficient (Wildman–Crippen LogP) is 4.48. The number of aliphatic carboxylic acids is 1. The standard InChI is InChI=1S/C21H19ClFN7.C2HF3O2/c1-13-2-3-14(22)10-17(13)29-6-8-30(9-7-29)21-18-19(15-4-5-24-11-16(15)23)27-28-20(18)25-12-26-21;3-2(4,5)1(6)7/h2-5,10-12H,6-9H2,1H3,(H,25,26,27,28);(H,6,7). The van der Waals surface area contributed by atoms with Gasteiger partial charge in [-0.2, -0.15) is 18.3 Å². The highest BCUT2D eigenvalue weighted by Crippen LogP contribution is 2.34.